The minimum atomic E-state index is -0.633. The molecule has 0 fully saturated rings. The van der Waals surface area contributed by atoms with Crippen LogP contribution in [0.2, 0.25) is 0 Å². The third kappa shape index (κ3) is 4.72. The number of nitrogens with one attached hydrogen (secondary N) is 1. The number of rotatable bonds is 6. The molecule has 5 rings (SSSR count). The van der Waals surface area contributed by atoms with Gasteiger partial charge in [-0.3, -0.25) is 19.5 Å². The van der Waals surface area contributed by atoms with Gasteiger partial charge in [0.25, 0.3) is 5.91 Å². The fourth-order valence-corrected chi connectivity index (χ4v) is 4.93. The lowest BCUT2D eigenvalue weighted by atomic mass is 10.1. The molecule has 1 N–H and O–H groups in total. The lowest BCUT2D eigenvalue weighted by molar-refractivity contribution is -0.128. The average molecular weight is 499 g/mol. The van der Waals surface area contributed by atoms with E-state index < -0.39 is 6.10 Å². The maximum absolute atomic E-state index is 13.3. The van der Waals surface area contributed by atoms with E-state index >= 15 is 0 Å². The van der Waals surface area contributed by atoms with E-state index in [0.717, 1.165) is 38.8 Å². The molecule has 4 aromatic rings. The van der Waals surface area contributed by atoms with Crippen molar-refractivity contribution in [3.05, 3.63) is 77.3 Å². The number of carbonyl (C=O) groups is 2. The van der Waals surface area contributed by atoms with Crippen LogP contribution in [0.3, 0.4) is 0 Å². The van der Waals surface area contributed by atoms with Gasteiger partial charge in [0.15, 0.2) is 6.10 Å². The molecule has 1 aliphatic heterocycles. The van der Waals surface area contributed by atoms with Crippen LogP contribution < -0.4 is 15.0 Å². The van der Waals surface area contributed by atoms with Crippen molar-refractivity contribution in [1.82, 2.24) is 9.97 Å². The largest absolute Gasteiger partial charge is 0.478 e. The lowest BCUT2D eigenvalue weighted by Gasteiger charge is -2.34. The molecule has 0 spiro atoms. The predicted octanol–water partition coefficient (Wildman–Crippen LogP) is 5.63. The van der Waals surface area contributed by atoms with Gasteiger partial charge in [0.05, 0.1) is 17.1 Å². The summed E-state index contributed by atoms with van der Waals surface area (Å²) in [5.74, 6) is 0.0758. The van der Waals surface area contributed by atoms with Crippen molar-refractivity contribution < 1.29 is 14.3 Å². The first-order chi connectivity index (χ1) is 17.4. The Labute approximate surface area is 213 Å². The Morgan fingerprint density at radius 1 is 1.11 bits per heavy atom. The molecule has 2 amide bonds. The van der Waals surface area contributed by atoms with Gasteiger partial charge in [-0.25, -0.2) is 4.98 Å². The number of aromatic nitrogens is 2. The second kappa shape index (κ2) is 9.91. The summed E-state index contributed by atoms with van der Waals surface area (Å²) in [6, 6.07) is 17.2. The molecule has 0 bridgehead atoms. The molecule has 2 aromatic heterocycles. The Balaban J connectivity index is 1.45. The van der Waals surface area contributed by atoms with Gasteiger partial charge in [0, 0.05) is 22.8 Å². The Morgan fingerprint density at radius 2 is 1.97 bits per heavy atom. The van der Waals surface area contributed by atoms with Crippen molar-refractivity contribution in [3.63, 3.8) is 0 Å². The molecule has 0 saturated heterocycles. The number of thiazole rings is 1. The zero-order valence-corrected chi connectivity index (χ0v) is 21.1. The number of aryl methyl sites for hydroxylation is 2. The Hall–Kier alpha value is -4.04. The summed E-state index contributed by atoms with van der Waals surface area (Å²) in [5.41, 5.74) is 5.72. The van der Waals surface area contributed by atoms with Crippen LogP contribution in [-0.4, -0.2) is 34.4 Å². The van der Waals surface area contributed by atoms with E-state index in [9.17, 15) is 9.59 Å². The van der Waals surface area contributed by atoms with Crippen LogP contribution >= 0.6 is 11.3 Å². The molecule has 2 aromatic carbocycles. The summed E-state index contributed by atoms with van der Waals surface area (Å²) in [4.78, 5) is 36.9. The number of benzene rings is 2. The minimum absolute atomic E-state index is 0.112. The number of carbonyl (C=O) groups excluding carboxylic acids is 2. The van der Waals surface area contributed by atoms with Gasteiger partial charge in [-0.15, -0.1) is 11.3 Å². The van der Waals surface area contributed by atoms with Gasteiger partial charge < -0.3 is 10.1 Å². The van der Waals surface area contributed by atoms with E-state index in [4.69, 9.17) is 9.72 Å². The number of hydrogen-bond acceptors (Lipinski definition) is 6. The number of hydrogen-bond donors (Lipinski definition) is 1. The lowest BCUT2D eigenvalue weighted by Crippen LogP contribution is -2.48. The van der Waals surface area contributed by atoms with Gasteiger partial charge in [-0.1, -0.05) is 25.1 Å². The first-order valence-electron chi connectivity index (χ1n) is 11.8. The summed E-state index contributed by atoms with van der Waals surface area (Å²) in [6.07, 6.45) is 1.62. The fourth-order valence-electron chi connectivity index (χ4n) is 4.12. The van der Waals surface area contributed by atoms with E-state index in [1.165, 1.54) is 16.2 Å². The van der Waals surface area contributed by atoms with E-state index in [0.29, 0.717) is 17.9 Å². The van der Waals surface area contributed by atoms with Gasteiger partial charge in [-0.05, 0) is 67.8 Å². The summed E-state index contributed by atoms with van der Waals surface area (Å²) < 4.78 is 5.97. The minimum Gasteiger partial charge on any atom is -0.478 e. The van der Waals surface area contributed by atoms with Crippen molar-refractivity contribution in [2.24, 2.45) is 0 Å². The van der Waals surface area contributed by atoms with Crippen molar-refractivity contribution in [2.75, 3.05) is 16.8 Å². The van der Waals surface area contributed by atoms with E-state index in [-0.39, 0.29) is 18.4 Å². The molecule has 0 aliphatic carbocycles. The average Bonchev–Trinajstić information content (AvgIpc) is 3.38. The third-order valence-corrected chi connectivity index (χ3v) is 6.95. The highest BCUT2D eigenvalue weighted by atomic mass is 32.1. The van der Waals surface area contributed by atoms with Gasteiger partial charge in [-0.2, -0.15) is 0 Å². The Morgan fingerprint density at radius 3 is 2.75 bits per heavy atom. The molecular formula is C28H26N4O3S. The molecule has 0 radical (unpaired) electrons. The van der Waals surface area contributed by atoms with Crippen LogP contribution in [-0.2, 0) is 9.59 Å². The van der Waals surface area contributed by atoms with Crippen LogP contribution in [0.5, 0.6) is 5.75 Å². The predicted molar refractivity (Wildman–Crippen MR) is 142 cm³/mol. The molecule has 1 unspecified atom stereocenters. The highest BCUT2D eigenvalue weighted by Gasteiger charge is 2.35. The zero-order valence-electron chi connectivity index (χ0n) is 20.3. The zero-order chi connectivity index (χ0) is 25.2. The van der Waals surface area contributed by atoms with Crippen LogP contribution in [0.4, 0.5) is 11.4 Å². The van der Waals surface area contributed by atoms with Crippen LogP contribution in [0, 0.1) is 13.8 Å². The molecule has 0 saturated carbocycles. The van der Waals surface area contributed by atoms with Crippen molar-refractivity contribution in [2.45, 2.75) is 33.3 Å². The summed E-state index contributed by atoms with van der Waals surface area (Å²) in [7, 11) is 0. The second-order valence-electron chi connectivity index (χ2n) is 8.74. The maximum atomic E-state index is 13.3. The molecular weight excluding hydrogens is 472 g/mol. The van der Waals surface area contributed by atoms with Gasteiger partial charge in [0.1, 0.15) is 17.3 Å². The molecule has 36 heavy (non-hydrogen) atoms. The molecule has 8 heteroatoms. The van der Waals surface area contributed by atoms with Crippen LogP contribution in [0.1, 0.15) is 24.5 Å². The smallest absolute Gasteiger partial charge is 0.268 e. The molecule has 1 atom stereocenters. The van der Waals surface area contributed by atoms with Crippen molar-refractivity contribution in [3.8, 4) is 27.7 Å². The normalized spacial score (nSPS) is 14.8. The van der Waals surface area contributed by atoms with Gasteiger partial charge >= 0.3 is 0 Å². The summed E-state index contributed by atoms with van der Waals surface area (Å²) in [5, 5.41) is 5.73. The Bertz CT molecular complexity index is 1430. The van der Waals surface area contributed by atoms with E-state index in [1.54, 1.807) is 6.20 Å². The number of nitrogens with zero attached hydrogens (tertiary/aromatic N) is 3. The standard InChI is InChI=1S/C28H26N4O3S/c1-4-24-28(34)32(15-26(33)30-21-13-17(2)8-9-18(21)3)23-14-19(10-11-25(23)35-24)22-16-36-27(31-22)20-7-5-6-12-29-20/h5-14,16,24H,4,15H2,1-3H3,(H,30,33). The fraction of sp³-hybridized carbons (Fsp3) is 0.214. The number of ether oxygens (including phenoxy) is 1. The highest BCUT2D eigenvalue weighted by molar-refractivity contribution is 7.13. The SMILES string of the molecule is CCC1Oc2ccc(-c3csc(-c4ccccn4)n3)cc2N(CC(=O)Nc2cc(C)ccc2C)C1=O. The van der Waals surface area contributed by atoms with Crippen molar-refractivity contribution >= 4 is 34.5 Å². The monoisotopic (exact) mass is 498 g/mol. The van der Waals surface area contributed by atoms with Crippen LogP contribution in [0.15, 0.2) is 66.2 Å². The number of pyridine rings is 1. The molecule has 7 nitrogen and oxygen atoms in total. The molecule has 1 aliphatic rings. The van der Waals surface area contributed by atoms with Crippen LogP contribution in [0.25, 0.3) is 22.0 Å². The highest BCUT2D eigenvalue weighted by Crippen LogP contribution is 2.39. The number of amides is 2. The van der Waals surface area contributed by atoms with Gasteiger partial charge in [0.2, 0.25) is 5.91 Å². The summed E-state index contributed by atoms with van der Waals surface area (Å²) >= 11 is 1.51. The summed E-state index contributed by atoms with van der Waals surface area (Å²) in [6.45, 7) is 5.70. The van der Waals surface area contributed by atoms with E-state index in [2.05, 4.69) is 10.3 Å². The molecule has 182 valence electrons. The van der Waals surface area contributed by atoms with Crippen molar-refractivity contribution in [1.29, 1.82) is 0 Å². The number of fused-ring (bicyclic) bond motifs is 1. The maximum Gasteiger partial charge on any atom is 0.268 e. The number of anilines is 2. The second-order valence-corrected chi connectivity index (χ2v) is 9.60. The topological polar surface area (TPSA) is 84.4 Å². The quantitative estimate of drug-likeness (QED) is 0.372. The first kappa shape index (κ1) is 23.7. The Kier molecular flexibility index (Phi) is 6.52. The van der Waals surface area contributed by atoms with E-state index in [1.807, 2.05) is 80.7 Å². The third-order valence-electron chi connectivity index (χ3n) is 6.08. The molecule has 3 heterocycles. The first-order valence-corrected chi connectivity index (χ1v) is 12.7.